The number of carbonyl (C=O) groups is 1. The van der Waals surface area contributed by atoms with Crippen molar-refractivity contribution in [3.8, 4) is 11.5 Å². The van der Waals surface area contributed by atoms with Gasteiger partial charge in [-0.25, -0.2) is 4.79 Å². The van der Waals surface area contributed by atoms with Crippen molar-refractivity contribution in [3.05, 3.63) is 58.1 Å². The number of hydrogen-bond acceptors (Lipinski definition) is 3. The van der Waals surface area contributed by atoms with Crippen LogP contribution in [-0.4, -0.2) is 11.1 Å². The number of benzene rings is 2. The molecule has 2 aromatic carbocycles. The van der Waals surface area contributed by atoms with Gasteiger partial charge in [-0.15, -0.1) is 0 Å². The minimum absolute atomic E-state index is 0.0420. The summed E-state index contributed by atoms with van der Waals surface area (Å²) in [5.74, 6) is 0.498. The summed E-state index contributed by atoms with van der Waals surface area (Å²) in [6.45, 7) is 25.7. The van der Waals surface area contributed by atoms with E-state index < -0.39 is 0 Å². The van der Waals surface area contributed by atoms with Gasteiger partial charge in [0.05, 0.1) is 5.56 Å². The second-order valence-corrected chi connectivity index (χ2v) is 13.0. The highest BCUT2D eigenvalue weighted by atomic mass is 16.5. The first kappa shape index (κ1) is 28.9. The van der Waals surface area contributed by atoms with Crippen LogP contribution in [0, 0.1) is 0 Å². The lowest BCUT2D eigenvalue weighted by Crippen LogP contribution is -2.23. The first-order valence-electron chi connectivity index (χ1n) is 13.2. The monoisotopic (exact) mass is 480 g/mol. The molecule has 2 aromatic rings. The Labute approximate surface area is 214 Å². The molecule has 0 aromatic heterocycles. The minimum Gasteiger partial charge on any atom is -0.507 e. The zero-order chi connectivity index (χ0) is 27.0. The Bertz CT molecular complexity index is 1060. The van der Waals surface area contributed by atoms with Gasteiger partial charge in [0, 0.05) is 16.7 Å². The van der Waals surface area contributed by atoms with E-state index in [1.54, 1.807) is 6.07 Å². The summed E-state index contributed by atoms with van der Waals surface area (Å²) in [5.41, 5.74) is 3.63. The summed E-state index contributed by atoms with van der Waals surface area (Å²) in [7, 11) is 0. The van der Waals surface area contributed by atoms with Crippen molar-refractivity contribution in [1.29, 1.82) is 0 Å². The molecule has 0 saturated heterocycles. The molecule has 0 saturated carbocycles. The predicted octanol–water partition coefficient (Wildman–Crippen LogP) is 8.97. The lowest BCUT2D eigenvalue weighted by Gasteiger charge is -2.31. The SMILES string of the molecule is CCC(C)(C)c1ccc(OC(=O)c2cc(C(C)(C)C)c(O)c(C(C)(C)CC)c2)c(C(C)(C)CC)c1. The molecule has 35 heavy (non-hydrogen) atoms. The van der Waals surface area contributed by atoms with Gasteiger partial charge in [-0.3, -0.25) is 0 Å². The average Bonchev–Trinajstić information content (AvgIpc) is 2.78. The Morgan fingerprint density at radius 2 is 1.20 bits per heavy atom. The minimum atomic E-state index is -0.390. The highest BCUT2D eigenvalue weighted by molar-refractivity contribution is 5.92. The number of phenolic OH excluding ortho intramolecular Hbond substituents is 1. The van der Waals surface area contributed by atoms with E-state index in [-0.39, 0.29) is 33.4 Å². The van der Waals surface area contributed by atoms with Crippen LogP contribution in [0.2, 0.25) is 0 Å². The van der Waals surface area contributed by atoms with Crippen LogP contribution < -0.4 is 4.74 Å². The van der Waals surface area contributed by atoms with E-state index in [0.29, 0.717) is 11.3 Å². The molecule has 194 valence electrons. The van der Waals surface area contributed by atoms with Gasteiger partial charge < -0.3 is 9.84 Å². The smallest absolute Gasteiger partial charge is 0.343 e. The topological polar surface area (TPSA) is 46.5 Å². The molecule has 2 rings (SSSR count). The fraction of sp³-hybridized carbons (Fsp3) is 0.594. The second kappa shape index (κ2) is 9.99. The van der Waals surface area contributed by atoms with Gasteiger partial charge in [-0.1, -0.05) is 95.2 Å². The van der Waals surface area contributed by atoms with Crippen molar-refractivity contribution in [2.24, 2.45) is 0 Å². The number of hydrogen-bond donors (Lipinski definition) is 1. The average molecular weight is 481 g/mol. The van der Waals surface area contributed by atoms with E-state index in [2.05, 4.69) is 95.2 Å². The van der Waals surface area contributed by atoms with Crippen molar-refractivity contribution >= 4 is 5.97 Å². The van der Waals surface area contributed by atoms with Crippen LogP contribution in [0.15, 0.2) is 30.3 Å². The van der Waals surface area contributed by atoms with Gasteiger partial charge in [-0.05, 0) is 64.7 Å². The summed E-state index contributed by atoms with van der Waals surface area (Å²) in [6, 6.07) is 9.88. The molecule has 3 nitrogen and oxygen atoms in total. The standard InChI is InChI=1S/C32H48O3/c1-13-30(7,8)22-16-17-26(23(20-22)31(9,10)14-2)35-28(34)21-18-24(29(4,5)6)27(33)25(19-21)32(11,12)15-3/h16-20,33H,13-15H2,1-12H3. The van der Waals surface area contributed by atoms with E-state index in [9.17, 15) is 9.90 Å². The third-order valence-electron chi connectivity index (χ3n) is 8.23. The van der Waals surface area contributed by atoms with Gasteiger partial charge in [0.2, 0.25) is 0 Å². The van der Waals surface area contributed by atoms with Crippen LogP contribution in [0.1, 0.15) is 135 Å². The van der Waals surface area contributed by atoms with Gasteiger partial charge in [-0.2, -0.15) is 0 Å². The van der Waals surface area contributed by atoms with Crippen molar-refractivity contribution in [2.75, 3.05) is 0 Å². The number of phenols is 1. The molecule has 0 spiro atoms. The fourth-order valence-corrected chi connectivity index (χ4v) is 4.15. The van der Waals surface area contributed by atoms with Crippen LogP contribution in [0.25, 0.3) is 0 Å². The maximum absolute atomic E-state index is 13.6. The number of aromatic hydroxyl groups is 1. The quantitative estimate of drug-likeness (QED) is 0.303. The molecule has 0 aliphatic heterocycles. The summed E-state index contributed by atoms with van der Waals surface area (Å²) in [4.78, 5) is 13.6. The van der Waals surface area contributed by atoms with Crippen LogP contribution in [0.4, 0.5) is 0 Å². The molecule has 0 heterocycles. The summed E-state index contributed by atoms with van der Waals surface area (Å²) < 4.78 is 6.11. The van der Waals surface area contributed by atoms with Crippen LogP contribution in [0.5, 0.6) is 11.5 Å². The van der Waals surface area contributed by atoms with Crippen molar-refractivity contribution < 1.29 is 14.6 Å². The summed E-state index contributed by atoms with van der Waals surface area (Å²) in [5, 5.41) is 11.1. The molecule has 0 amide bonds. The van der Waals surface area contributed by atoms with E-state index in [0.717, 1.165) is 36.0 Å². The maximum Gasteiger partial charge on any atom is 0.343 e. The Kier molecular flexibility index (Phi) is 8.26. The molecule has 0 radical (unpaired) electrons. The van der Waals surface area contributed by atoms with Crippen molar-refractivity contribution in [3.63, 3.8) is 0 Å². The third-order valence-corrected chi connectivity index (χ3v) is 8.23. The molecule has 0 aliphatic rings. The Hall–Kier alpha value is -2.29. The van der Waals surface area contributed by atoms with Crippen molar-refractivity contribution in [2.45, 2.75) is 124 Å². The Morgan fingerprint density at radius 3 is 1.69 bits per heavy atom. The van der Waals surface area contributed by atoms with Crippen LogP contribution >= 0.6 is 0 Å². The molecular formula is C32H48O3. The van der Waals surface area contributed by atoms with Crippen molar-refractivity contribution in [1.82, 2.24) is 0 Å². The van der Waals surface area contributed by atoms with Gasteiger partial charge in [0.15, 0.2) is 0 Å². The van der Waals surface area contributed by atoms with E-state index >= 15 is 0 Å². The third kappa shape index (κ3) is 6.11. The van der Waals surface area contributed by atoms with Gasteiger partial charge in [0.25, 0.3) is 0 Å². The van der Waals surface area contributed by atoms with Crippen LogP contribution in [0.3, 0.4) is 0 Å². The zero-order valence-corrected chi connectivity index (χ0v) is 24.3. The molecule has 1 N–H and O–H groups in total. The predicted molar refractivity (Wildman–Crippen MR) is 148 cm³/mol. The molecule has 0 bridgehead atoms. The zero-order valence-electron chi connectivity index (χ0n) is 24.3. The Balaban J connectivity index is 2.65. The highest BCUT2D eigenvalue weighted by Gasteiger charge is 2.31. The Morgan fingerprint density at radius 1 is 0.714 bits per heavy atom. The van der Waals surface area contributed by atoms with Gasteiger partial charge in [0.1, 0.15) is 11.5 Å². The van der Waals surface area contributed by atoms with Crippen LogP contribution in [-0.2, 0) is 21.7 Å². The number of esters is 1. The lowest BCUT2D eigenvalue weighted by atomic mass is 9.76. The lowest BCUT2D eigenvalue weighted by molar-refractivity contribution is 0.0731. The fourth-order valence-electron chi connectivity index (χ4n) is 4.15. The van der Waals surface area contributed by atoms with E-state index in [4.69, 9.17) is 4.74 Å². The summed E-state index contributed by atoms with van der Waals surface area (Å²) in [6.07, 6.45) is 2.79. The molecular weight excluding hydrogens is 432 g/mol. The first-order chi connectivity index (χ1) is 15.9. The molecule has 0 atom stereocenters. The van der Waals surface area contributed by atoms with Gasteiger partial charge >= 0.3 is 5.97 Å². The van der Waals surface area contributed by atoms with E-state index in [1.807, 2.05) is 12.1 Å². The largest absolute Gasteiger partial charge is 0.507 e. The first-order valence-corrected chi connectivity index (χ1v) is 13.2. The summed E-state index contributed by atoms with van der Waals surface area (Å²) >= 11 is 0. The highest BCUT2D eigenvalue weighted by Crippen LogP contribution is 2.42. The second-order valence-electron chi connectivity index (χ2n) is 13.0. The number of rotatable bonds is 8. The molecule has 0 aliphatic carbocycles. The number of ether oxygens (including phenoxy) is 1. The normalized spacial score (nSPS) is 13.1. The van der Waals surface area contributed by atoms with E-state index in [1.165, 1.54) is 5.56 Å². The molecule has 0 fully saturated rings. The molecule has 3 heteroatoms. The molecule has 0 unspecified atom stereocenters. The number of carbonyl (C=O) groups excluding carboxylic acids is 1. The maximum atomic E-state index is 13.6.